The maximum absolute atomic E-state index is 12.3. The third-order valence-electron chi connectivity index (χ3n) is 3.57. The fraction of sp³-hybridized carbons (Fsp3) is 0.467. The number of nitrogens with zero attached hydrogens (tertiary/aromatic N) is 1. The zero-order valence-electron chi connectivity index (χ0n) is 12.9. The van der Waals surface area contributed by atoms with Crippen molar-refractivity contribution in [1.29, 1.82) is 0 Å². The average molecular weight is 338 g/mol. The van der Waals surface area contributed by atoms with E-state index in [0.29, 0.717) is 23.4 Å². The van der Waals surface area contributed by atoms with Crippen molar-refractivity contribution in [3.05, 3.63) is 22.7 Å². The monoisotopic (exact) mass is 338 g/mol. The number of nitrogens with one attached hydrogen (secondary N) is 1. The molecule has 0 radical (unpaired) electrons. The summed E-state index contributed by atoms with van der Waals surface area (Å²) in [4.78, 5) is 39.8. The van der Waals surface area contributed by atoms with E-state index in [2.05, 4.69) is 10.3 Å². The van der Waals surface area contributed by atoms with E-state index < -0.39 is 29.7 Å². The van der Waals surface area contributed by atoms with Gasteiger partial charge in [-0.3, -0.25) is 9.59 Å². The molecule has 0 bridgehead atoms. The number of esters is 1. The van der Waals surface area contributed by atoms with Gasteiger partial charge in [0.05, 0.1) is 24.1 Å². The molecule has 0 aliphatic heterocycles. The smallest absolute Gasteiger partial charge is 0.350 e. The van der Waals surface area contributed by atoms with E-state index in [9.17, 15) is 19.5 Å². The molecule has 2 rings (SSSR count). The average Bonchev–Trinajstić information content (AvgIpc) is 2.88. The van der Waals surface area contributed by atoms with Gasteiger partial charge >= 0.3 is 11.9 Å². The van der Waals surface area contributed by atoms with Gasteiger partial charge in [0.15, 0.2) is 5.13 Å². The highest BCUT2D eigenvalue weighted by Crippen LogP contribution is 2.29. The summed E-state index contributed by atoms with van der Waals surface area (Å²) in [7, 11) is 0. The first-order valence-corrected chi connectivity index (χ1v) is 8.08. The second-order valence-corrected chi connectivity index (χ2v) is 6.14. The number of ether oxygens (including phenoxy) is 1. The van der Waals surface area contributed by atoms with Crippen molar-refractivity contribution in [3.8, 4) is 0 Å². The molecule has 0 saturated carbocycles. The molecule has 1 heterocycles. The van der Waals surface area contributed by atoms with Gasteiger partial charge in [0, 0.05) is 0 Å². The third-order valence-corrected chi connectivity index (χ3v) is 4.63. The van der Waals surface area contributed by atoms with Crippen molar-refractivity contribution >= 4 is 34.3 Å². The van der Waals surface area contributed by atoms with E-state index in [1.54, 1.807) is 26.0 Å². The molecule has 1 aliphatic carbocycles. The largest absolute Gasteiger partial charge is 0.481 e. The summed E-state index contributed by atoms with van der Waals surface area (Å²) in [5, 5.41) is 12.1. The van der Waals surface area contributed by atoms with Crippen molar-refractivity contribution in [3.63, 3.8) is 0 Å². The minimum absolute atomic E-state index is 0.257. The second-order valence-electron chi connectivity index (χ2n) is 5.14. The van der Waals surface area contributed by atoms with Gasteiger partial charge < -0.3 is 15.2 Å². The zero-order valence-corrected chi connectivity index (χ0v) is 13.7. The quantitative estimate of drug-likeness (QED) is 0.630. The molecule has 0 fully saturated rings. The van der Waals surface area contributed by atoms with Crippen molar-refractivity contribution in [2.45, 2.75) is 26.7 Å². The summed E-state index contributed by atoms with van der Waals surface area (Å²) in [5.74, 6) is -3.26. The number of hydrogen-bond donors (Lipinski definition) is 2. The molecule has 124 valence electrons. The number of allylic oxidation sites excluding steroid dienone is 2. The van der Waals surface area contributed by atoms with E-state index in [4.69, 9.17) is 4.74 Å². The molecular weight excluding hydrogens is 320 g/mol. The van der Waals surface area contributed by atoms with E-state index >= 15 is 0 Å². The first-order chi connectivity index (χ1) is 10.9. The number of carbonyl (C=O) groups is 3. The highest BCUT2D eigenvalue weighted by molar-refractivity contribution is 7.17. The summed E-state index contributed by atoms with van der Waals surface area (Å²) in [6, 6.07) is 0. The second kappa shape index (κ2) is 7.36. The van der Waals surface area contributed by atoms with Gasteiger partial charge in [-0.05, 0) is 26.7 Å². The number of hydrogen-bond acceptors (Lipinski definition) is 6. The molecule has 1 aromatic heterocycles. The van der Waals surface area contributed by atoms with Crippen LogP contribution in [-0.2, 0) is 14.3 Å². The van der Waals surface area contributed by atoms with Crippen LogP contribution < -0.4 is 5.32 Å². The van der Waals surface area contributed by atoms with Crippen LogP contribution in [0, 0.1) is 18.8 Å². The van der Waals surface area contributed by atoms with Crippen molar-refractivity contribution < 1.29 is 24.2 Å². The lowest BCUT2D eigenvalue weighted by Crippen LogP contribution is -2.34. The van der Waals surface area contributed by atoms with Crippen LogP contribution in [0.4, 0.5) is 5.13 Å². The minimum Gasteiger partial charge on any atom is -0.481 e. The summed E-state index contributed by atoms with van der Waals surface area (Å²) in [6.45, 7) is 3.62. The lowest BCUT2D eigenvalue weighted by molar-refractivity contribution is -0.146. The summed E-state index contributed by atoms with van der Waals surface area (Å²) in [6.07, 6.45) is 4.28. The number of carboxylic acids is 1. The molecule has 2 atom stereocenters. The minimum atomic E-state index is -0.989. The van der Waals surface area contributed by atoms with Crippen LogP contribution >= 0.6 is 11.3 Å². The predicted octanol–water partition coefficient (Wildman–Crippen LogP) is 2.23. The first kappa shape index (κ1) is 17.1. The third kappa shape index (κ3) is 3.95. The van der Waals surface area contributed by atoms with Gasteiger partial charge in [-0.25, -0.2) is 9.78 Å². The molecule has 0 saturated heterocycles. The van der Waals surface area contributed by atoms with E-state index in [0.717, 1.165) is 11.3 Å². The van der Waals surface area contributed by atoms with Crippen molar-refractivity contribution in [2.24, 2.45) is 11.8 Å². The van der Waals surface area contributed by atoms with Gasteiger partial charge in [-0.2, -0.15) is 0 Å². The number of rotatable bonds is 5. The summed E-state index contributed by atoms with van der Waals surface area (Å²) in [5.41, 5.74) is 0.474. The van der Waals surface area contributed by atoms with E-state index in [1.165, 1.54) is 0 Å². The molecule has 0 spiro atoms. The molecule has 7 nitrogen and oxygen atoms in total. The number of carbonyl (C=O) groups excluding carboxylic acids is 2. The van der Waals surface area contributed by atoms with Crippen LogP contribution in [0.3, 0.4) is 0 Å². The van der Waals surface area contributed by atoms with Gasteiger partial charge in [-0.1, -0.05) is 23.5 Å². The number of thiazole rings is 1. The molecule has 8 heteroatoms. The number of aryl methyl sites for hydroxylation is 1. The van der Waals surface area contributed by atoms with Gasteiger partial charge in [-0.15, -0.1) is 0 Å². The Morgan fingerprint density at radius 1 is 1.35 bits per heavy atom. The summed E-state index contributed by atoms with van der Waals surface area (Å²) >= 11 is 1.03. The van der Waals surface area contributed by atoms with Crippen LogP contribution in [0.25, 0.3) is 0 Å². The SMILES string of the molecule is CCOC(=O)c1sc(NC(=O)C2CC=CCC2C(=O)O)nc1C. The Kier molecular flexibility index (Phi) is 5.49. The van der Waals surface area contributed by atoms with E-state index in [-0.39, 0.29) is 11.7 Å². The van der Waals surface area contributed by atoms with Crippen LogP contribution in [0.1, 0.15) is 35.1 Å². The standard InChI is InChI=1S/C15H18N2O5S/c1-3-22-14(21)11-8(2)16-15(23-11)17-12(18)9-6-4-5-7-10(9)13(19)20/h4-5,9-10H,3,6-7H2,1-2H3,(H,19,20)(H,16,17,18). The molecule has 0 aromatic carbocycles. The highest BCUT2D eigenvalue weighted by atomic mass is 32.1. The summed E-state index contributed by atoms with van der Waals surface area (Å²) < 4.78 is 4.92. The maximum Gasteiger partial charge on any atom is 0.350 e. The Morgan fingerprint density at radius 3 is 2.61 bits per heavy atom. The Hall–Kier alpha value is -2.22. The molecule has 23 heavy (non-hydrogen) atoms. The molecule has 1 aliphatic rings. The number of carboxylic acid groups (broad SMARTS) is 1. The van der Waals surface area contributed by atoms with Crippen LogP contribution in [0.5, 0.6) is 0 Å². The van der Waals surface area contributed by atoms with Crippen molar-refractivity contribution in [1.82, 2.24) is 4.98 Å². The predicted molar refractivity (Wildman–Crippen MR) is 84.4 cm³/mol. The molecule has 1 aromatic rings. The molecular formula is C15H18N2O5S. The Labute approximate surface area is 137 Å². The Morgan fingerprint density at radius 2 is 2.00 bits per heavy atom. The van der Waals surface area contributed by atoms with Gasteiger partial charge in [0.25, 0.3) is 0 Å². The number of amides is 1. The fourth-order valence-electron chi connectivity index (χ4n) is 2.41. The Bertz CT molecular complexity index is 652. The highest BCUT2D eigenvalue weighted by Gasteiger charge is 2.34. The number of aliphatic carboxylic acids is 1. The molecule has 1 amide bonds. The van der Waals surface area contributed by atoms with E-state index in [1.807, 2.05) is 0 Å². The molecule has 2 unspecified atom stereocenters. The van der Waals surface area contributed by atoms with Crippen LogP contribution in [0.2, 0.25) is 0 Å². The molecule has 2 N–H and O–H groups in total. The normalized spacial score (nSPS) is 20.1. The first-order valence-electron chi connectivity index (χ1n) is 7.27. The zero-order chi connectivity index (χ0) is 17.0. The van der Waals surface area contributed by atoms with Gasteiger partial charge in [0.1, 0.15) is 4.88 Å². The number of anilines is 1. The Balaban J connectivity index is 2.11. The fourth-order valence-corrected chi connectivity index (χ4v) is 3.27. The number of aromatic nitrogens is 1. The lowest BCUT2D eigenvalue weighted by atomic mass is 9.82. The lowest BCUT2D eigenvalue weighted by Gasteiger charge is -2.23. The van der Waals surface area contributed by atoms with Crippen molar-refractivity contribution in [2.75, 3.05) is 11.9 Å². The van der Waals surface area contributed by atoms with Crippen LogP contribution in [0.15, 0.2) is 12.2 Å². The van der Waals surface area contributed by atoms with Crippen LogP contribution in [-0.4, -0.2) is 34.5 Å². The topological polar surface area (TPSA) is 106 Å². The van der Waals surface area contributed by atoms with Gasteiger partial charge in [0.2, 0.25) is 5.91 Å². The maximum atomic E-state index is 12.3.